The third-order valence-corrected chi connectivity index (χ3v) is 6.22. The first-order valence-corrected chi connectivity index (χ1v) is 10.4. The number of aliphatic carboxylic acids is 1. The van der Waals surface area contributed by atoms with Gasteiger partial charge in [0.25, 0.3) is 0 Å². The molecule has 2 aromatic rings. The molecular weight excluding hydrogens is 401 g/mol. The normalized spacial score (nSPS) is 15.7. The van der Waals surface area contributed by atoms with Gasteiger partial charge in [0.2, 0.25) is 0 Å². The number of hydrogen-bond donors (Lipinski definition) is 1. The Morgan fingerprint density at radius 2 is 2.15 bits per heavy atom. The van der Waals surface area contributed by atoms with E-state index in [4.69, 9.17) is 23.2 Å². The highest BCUT2D eigenvalue weighted by atomic mass is 35.5. The van der Waals surface area contributed by atoms with E-state index in [2.05, 4.69) is 29.3 Å². The minimum Gasteiger partial charge on any atom is -0.478 e. The molecule has 1 N–H and O–H groups in total. The number of carbonyl (C=O) groups is 1. The summed E-state index contributed by atoms with van der Waals surface area (Å²) in [5.41, 5.74) is 3.78. The number of nitrogens with zero attached hydrogens (tertiary/aromatic N) is 1. The summed E-state index contributed by atoms with van der Waals surface area (Å²) in [6, 6.07) is 7.69. The maximum atomic E-state index is 11.2. The first kappa shape index (κ1) is 20.2. The molecular formula is C21H21Cl2NO2S. The predicted octanol–water partition coefficient (Wildman–Crippen LogP) is 5.90. The Kier molecular flexibility index (Phi) is 6.77. The number of thiophene rings is 1. The van der Waals surface area contributed by atoms with Gasteiger partial charge in [-0.1, -0.05) is 41.4 Å². The molecule has 0 atom stereocenters. The molecule has 2 heterocycles. The lowest BCUT2D eigenvalue weighted by Crippen LogP contribution is -2.32. The molecule has 1 aromatic carbocycles. The van der Waals surface area contributed by atoms with Crippen molar-refractivity contribution in [1.29, 1.82) is 0 Å². The van der Waals surface area contributed by atoms with Crippen LogP contribution in [0, 0.1) is 6.92 Å². The van der Waals surface area contributed by atoms with Crippen LogP contribution in [0.25, 0.3) is 5.57 Å². The average molecular weight is 422 g/mol. The Morgan fingerprint density at radius 1 is 1.33 bits per heavy atom. The maximum Gasteiger partial charge on any atom is 0.332 e. The summed E-state index contributed by atoms with van der Waals surface area (Å²) in [6.07, 6.45) is 5.62. The largest absolute Gasteiger partial charge is 0.478 e. The second-order valence-corrected chi connectivity index (χ2v) is 8.32. The van der Waals surface area contributed by atoms with E-state index in [1.54, 1.807) is 17.4 Å². The number of aryl methyl sites for hydroxylation is 1. The minimum absolute atomic E-state index is 0.486. The molecule has 1 aliphatic rings. The van der Waals surface area contributed by atoms with Gasteiger partial charge in [-0.3, -0.25) is 4.90 Å². The van der Waals surface area contributed by atoms with Crippen molar-refractivity contribution in [3.63, 3.8) is 0 Å². The molecule has 1 aromatic heterocycles. The molecule has 6 heteroatoms. The molecule has 0 fully saturated rings. The van der Waals surface area contributed by atoms with Crippen molar-refractivity contribution in [1.82, 2.24) is 4.90 Å². The Balaban J connectivity index is 1.81. The summed E-state index contributed by atoms with van der Waals surface area (Å²) in [5, 5.41) is 12.5. The van der Waals surface area contributed by atoms with Crippen LogP contribution in [0.15, 0.2) is 47.4 Å². The van der Waals surface area contributed by atoms with Crippen LogP contribution in [0.1, 0.15) is 28.8 Å². The van der Waals surface area contributed by atoms with Gasteiger partial charge in [0.15, 0.2) is 0 Å². The molecule has 0 amide bonds. The lowest BCUT2D eigenvalue weighted by Gasteiger charge is -2.25. The highest BCUT2D eigenvalue weighted by Gasteiger charge is 2.17. The second kappa shape index (κ2) is 9.07. The van der Waals surface area contributed by atoms with Gasteiger partial charge in [-0.25, -0.2) is 4.79 Å². The van der Waals surface area contributed by atoms with Crippen LogP contribution in [0.3, 0.4) is 0 Å². The molecule has 1 aliphatic heterocycles. The smallest absolute Gasteiger partial charge is 0.332 e. The lowest BCUT2D eigenvalue weighted by atomic mass is 10.0. The van der Waals surface area contributed by atoms with E-state index in [1.807, 2.05) is 18.2 Å². The standard InChI is InChI=1S/C21H21Cl2NO2S/c1-14-8-11-27-20(14)18(17-7-6-16(22)12-19(17)23)5-3-10-24-9-2-4-15(13-24)21(25)26/h4-8,11-12H,2-3,9-10,13H2,1H3,(H,25,26)/b18-5-. The molecule has 0 bridgehead atoms. The van der Waals surface area contributed by atoms with Gasteiger partial charge in [-0.05, 0) is 54.5 Å². The van der Waals surface area contributed by atoms with Crippen molar-refractivity contribution in [2.45, 2.75) is 19.8 Å². The SMILES string of the molecule is Cc1ccsc1/C(=C\CCN1CCC=C(C(=O)O)C1)c1ccc(Cl)cc1Cl. The quantitative estimate of drug-likeness (QED) is 0.630. The summed E-state index contributed by atoms with van der Waals surface area (Å²) in [4.78, 5) is 14.6. The number of carboxylic acid groups (broad SMARTS) is 1. The zero-order chi connectivity index (χ0) is 19.4. The van der Waals surface area contributed by atoms with Crippen molar-refractivity contribution in [3.05, 3.63) is 73.4 Å². The van der Waals surface area contributed by atoms with Gasteiger partial charge < -0.3 is 5.11 Å². The topological polar surface area (TPSA) is 40.5 Å². The van der Waals surface area contributed by atoms with Crippen molar-refractivity contribution >= 4 is 46.1 Å². The number of halogens is 2. The van der Waals surface area contributed by atoms with Crippen LogP contribution in [-0.4, -0.2) is 35.6 Å². The van der Waals surface area contributed by atoms with Gasteiger partial charge in [0.05, 0.1) is 0 Å². The minimum atomic E-state index is -0.821. The maximum absolute atomic E-state index is 11.2. The summed E-state index contributed by atoms with van der Waals surface area (Å²) in [7, 11) is 0. The highest BCUT2D eigenvalue weighted by molar-refractivity contribution is 7.11. The van der Waals surface area contributed by atoms with Gasteiger partial charge >= 0.3 is 5.97 Å². The monoisotopic (exact) mass is 421 g/mol. The Labute approximate surface area is 173 Å². The highest BCUT2D eigenvalue weighted by Crippen LogP contribution is 2.35. The molecule has 142 valence electrons. The molecule has 0 radical (unpaired) electrons. The molecule has 0 saturated heterocycles. The zero-order valence-electron chi connectivity index (χ0n) is 15.0. The zero-order valence-corrected chi connectivity index (χ0v) is 17.4. The summed E-state index contributed by atoms with van der Waals surface area (Å²) >= 11 is 14.2. The number of hydrogen-bond acceptors (Lipinski definition) is 3. The van der Waals surface area contributed by atoms with Crippen molar-refractivity contribution in [3.8, 4) is 0 Å². The molecule has 3 rings (SSSR count). The van der Waals surface area contributed by atoms with Crippen molar-refractivity contribution < 1.29 is 9.90 Å². The van der Waals surface area contributed by atoms with Gasteiger partial charge in [0, 0.05) is 45.7 Å². The molecule has 0 spiro atoms. The predicted molar refractivity (Wildman–Crippen MR) is 114 cm³/mol. The van der Waals surface area contributed by atoms with Gasteiger partial charge in [0.1, 0.15) is 0 Å². The molecule has 0 unspecified atom stereocenters. The van der Waals surface area contributed by atoms with Crippen LogP contribution < -0.4 is 0 Å². The van der Waals surface area contributed by atoms with E-state index >= 15 is 0 Å². The second-order valence-electron chi connectivity index (χ2n) is 6.56. The Morgan fingerprint density at radius 3 is 2.81 bits per heavy atom. The molecule has 0 saturated carbocycles. The summed E-state index contributed by atoms with van der Waals surface area (Å²) in [6.45, 7) is 4.29. The Bertz CT molecular complexity index is 901. The first-order chi connectivity index (χ1) is 13.0. The van der Waals surface area contributed by atoms with Crippen LogP contribution in [-0.2, 0) is 4.79 Å². The fourth-order valence-electron chi connectivity index (χ4n) is 3.22. The third kappa shape index (κ3) is 5.02. The summed E-state index contributed by atoms with van der Waals surface area (Å²) in [5.74, 6) is -0.821. The number of rotatable bonds is 6. The van der Waals surface area contributed by atoms with Crippen molar-refractivity contribution in [2.24, 2.45) is 0 Å². The van der Waals surface area contributed by atoms with E-state index in [-0.39, 0.29) is 0 Å². The average Bonchev–Trinajstić information content (AvgIpc) is 3.05. The van der Waals surface area contributed by atoms with Crippen molar-refractivity contribution in [2.75, 3.05) is 19.6 Å². The third-order valence-electron chi connectivity index (χ3n) is 4.63. The van der Waals surface area contributed by atoms with E-state index in [0.29, 0.717) is 22.2 Å². The molecule has 3 nitrogen and oxygen atoms in total. The fourth-order valence-corrected chi connectivity index (χ4v) is 4.72. The van der Waals surface area contributed by atoms with Crippen LogP contribution >= 0.6 is 34.5 Å². The van der Waals surface area contributed by atoms with Gasteiger partial charge in [-0.2, -0.15) is 0 Å². The fraction of sp³-hybridized carbons (Fsp3) is 0.286. The van der Waals surface area contributed by atoms with Crippen LogP contribution in [0.2, 0.25) is 10.0 Å². The molecule has 0 aliphatic carbocycles. The van der Waals surface area contributed by atoms with E-state index in [1.165, 1.54) is 10.4 Å². The van der Waals surface area contributed by atoms with Crippen LogP contribution in [0.4, 0.5) is 0 Å². The van der Waals surface area contributed by atoms with Gasteiger partial charge in [-0.15, -0.1) is 11.3 Å². The van der Waals surface area contributed by atoms with E-state index in [9.17, 15) is 9.90 Å². The van der Waals surface area contributed by atoms with Crippen LogP contribution in [0.5, 0.6) is 0 Å². The lowest BCUT2D eigenvalue weighted by molar-refractivity contribution is -0.133. The first-order valence-electron chi connectivity index (χ1n) is 8.80. The van der Waals surface area contributed by atoms with E-state index in [0.717, 1.165) is 37.1 Å². The Hall–Kier alpha value is -1.59. The summed E-state index contributed by atoms with van der Waals surface area (Å²) < 4.78 is 0. The number of benzene rings is 1. The van der Waals surface area contributed by atoms with E-state index < -0.39 is 5.97 Å². The number of carboxylic acids is 1. The molecule has 27 heavy (non-hydrogen) atoms.